The van der Waals surface area contributed by atoms with Crippen molar-refractivity contribution in [2.45, 2.75) is 19.4 Å². The lowest BCUT2D eigenvalue weighted by Crippen LogP contribution is -2.39. The Morgan fingerprint density at radius 3 is 2.69 bits per heavy atom. The van der Waals surface area contributed by atoms with Crippen molar-refractivity contribution in [2.24, 2.45) is 12.0 Å². The molecule has 2 aromatic rings. The van der Waals surface area contributed by atoms with Gasteiger partial charge in [0.1, 0.15) is 0 Å². The van der Waals surface area contributed by atoms with Gasteiger partial charge in [-0.3, -0.25) is 14.7 Å². The maximum atomic E-state index is 4.75. The maximum absolute atomic E-state index is 4.75. The highest BCUT2D eigenvalue weighted by Crippen LogP contribution is 2.17. The number of nitrogens with one attached hydrogen (secondary N) is 2. The standard InChI is InChI=1S/C18H29N7.HI/c1-5-19-18(21-11-9-16-8-6-7-10-20-16)22-13-17(24(2)3)15-12-23-25(4)14-15;/h6-8,10,12,14,17H,5,9,11,13H2,1-4H3,(H2,19,21,22);1H. The zero-order valence-corrected chi connectivity index (χ0v) is 18.3. The average molecular weight is 471 g/mol. The number of nitrogens with zero attached hydrogens (tertiary/aromatic N) is 5. The first-order valence-electron chi connectivity index (χ1n) is 8.67. The molecule has 1 atom stereocenters. The summed E-state index contributed by atoms with van der Waals surface area (Å²) >= 11 is 0. The Hall–Kier alpha value is -1.68. The summed E-state index contributed by atoms with van der Waals surface area (Å²) in [7, 11) is 6.06. The minimum absolute atomic E-state index is 0. The molecular formula is C18H30IN7. The van der Waals surface area contributed by atoms with Crippen LogP contribution in [-0.2, 0) is 13.5 Å². The quantitative estimate of drug-likeness (QED) is 0.350. The van der Waals surface area contributed by atoms with Gasteiger partial charge >= 0.3 is 0 Å². The first kappa shape index (κ1) is 22.4. The van der Waals surface area contributed by atoms with Gasteiger partial charge < -0.3 is 15.5 Å². The maximum Gasteiger partial charge on any atom is 0.191 e. The predicted molar refractivity (Wildman–Crippen MR) is 117 cm³/mol. The Morgan fingerprint density at radius 2 is 2.12 bits per heavy atom. The third-order valence-corrected chi connectivity index (χ3v) is 3.90. The van der Waals surface area contributed by atoms with Crippen LogP contribution in [0.3, 0.4) is 0 Å². The smallest absolute Gasteiger partial charge is 0.191 e. The third-order valence-electron chi connectivity index (χ3n) is 3.90. The molecule has 7 nitrogen and oxygen atoms in total. The fraction of sp³-hybridized carbons (Fsp3) is 0.500. The van der Waals surface area contributed by atoms with E-state index in [1.165, 1.54) is 5.56 Å². The summed E-state index contributed by atoms with van der Waals surface area (Å²) in [5, 5.41) is 10.9. The van der Waals surface area contributed by atoms with Crippen LogP contribution in [0.1, 0.15) is 24.2 Å². The zero-order valence-electron chi connectivity index (χ0n) is 16.0. The molecule has 2 aromatic heterocycles. The van der Waals surface area contributed by atoms with Crippen LogP contribution in [0.25, 0.3) is 0 Å². The number of guanidine groups is 1. The Kier molecular flexibility index (Phi) is 10.2. The van der Waals surface area contributed by atoms with E-state index in [1.54, 1.807) is 0 Å². The summed E-state index contributed by atoms with van der Waals surface area (Å²) < 4.78 is 1.83. The van der Waals surface area contributed by atoms with Crippen molar-refractivity contribution < 1.29 is 0 Å². The zero-order chi connectivity index (χ0) is 18.1. The molecule has 2 N–H and O–H groups in total. The molecule has 0 saturated carbocycles. The van der Waals surface area contributed by atoms with E-state index in [9.17, 15) is 0 Å². The Balaban J connectivity index is 0.00000338. The number of rotatable bonds is 8. The van der Waals surface area contributed by atoms with E-state index < -0.39 is 0 Å². The van der Waals surface area contributed by atoms with E-state index in [0.717, 1.165) is 31.2 Å². The van der Waals surface area contributed by atoms with Crippen molar-refractivity contribution in [3.05, 3.63) is 48.0 Å². The second kappa shape index (κ2) is 11.8. The van der Waals surface area contributed by atoms with Crippen LogP contribution in [0.4, 0.5) is 0 Å². The van der Waals surface area contributed by atoms with Crippen LogP contribution in [0, 0.1) is 0 Å². The molecular weight excluding hydrogens is 441 g/mol. The fourth-order valence-corrected chi connectivity index (χ4v) is 2.55. The van der Waals surface area contributed by atoms with E-state index in [0.29, 0.717) is 6.54 Å². The third kappa shape index (κ3) is 7.28. The fourth-order valence-electron chi connectivity index (χ4n) is 2.55. The molecule has 0 aliphatic rings. The summed E-state index contributed by atoms with van der Waals surface area (Å²) in [5.41, 5.74) is 2.24. The van der Waals surface area contributed by atoms with Gasteiger partial charge in [0, 0.05) is 50.2 Å². The number of pyridine rings is 1. The summed E-state index contributed by atoms with van der Waals surface area (Å²) in [6.07, 6.45) is 6.64. The predicted octanol–water partition coefficient (Wildman–Crippen LogP) is 1.83. The number of aliphatic imine (C=N–C) groups is 1. The molecule has 0 aliphatic carbocycles. The van der Waals surface area contributed by atoms with Gasteiger partial charge in [0.2, 0.25) is 0 Å². The SMILES string of the molecule is CCNC(=NCC(c1cnn(C)c1)N(C)C)NCCc1ccccn1.I. The summed E-state index contributed by atoms with van der Waals surface area (Å²) in [4.78, 5) is 11.3. The average Bonchev–Trinajstić information content (AvgIpc) is 3.02. The van der Waals surface area contributed by atoms with Gasteiger partial charge in [-0.25, -0.2) is 0 Å². The molecule has 144 valence electrons. The van der Waals surface area contributed by atoms with Gasteiger partial charge in [-0.2, -0.15) is 5.10 Å². The molecule has 0 aliphatic heterocycles. The molecule has 0 saturated heterocycles. The van der Waals surface area contributed by atoms with Gasteiger partial charge in [0.25, 0.3) is 0 Å². The highest BCUT2D eigenvalue weighted by Gasteiger charge is 2.15. The minimum atomic E-state index is 0. The van der Waals surface area contributed by atoms with E-state index in [4.69, 9.17) is 4.99 Å². The van der Waals surface area contributed by atoms with Crippen LogP contribution in [0.5, 0.6) is 0 Å². The van der Waals surface area contributed by atoms with Crippen molar-refractivity contribution in [3.8, 4) is 0 Å². The van der Waals surface area contributed by atoms with Crippen LogP contribution in [0.15, 0.2) is 41.8 Å². The summed E-state index contributed by atoms with van der Waals surface area (Å²) in [5.74, 6) is 0.828. The van der Waals surface area contributed by atoms with Crippen LogP contribution >= 0.6 is 24.0 Å². The summed E-state index contributed by atoms with van der Waals surface area (Å²) in [6.45, 7) is 4.36. The molecule has 0 fully saturated rings. The van der Waals surface area contributed by atoms with Gasteiger partial charge in [-0.1, -0.05) is 6.07 Å². The molecule has 0 spiro atoms. The van der Waals surface area contributed by atoms with Crippen molar-refractivity contribution in [1.82, 2.24) is 30.3 Å². The largest absolute Gasteiger partial charge is 0.357 e. The molecule has 0 aromatic carbocycles. The normalized spacial score (nSPS) is 12.6. The van der Waals surface area contributed by atoms with Gasteiger partial charge in [0.15, 0.2) is 5.96 Å². The first-order chi connectivity index (χ1) is 12.1. The van der Waals surface area contributed by atoms with E-state index in [-0.39, 0.29) is 30.0 Å². The van der Waals surface area contributed by atoms with Gasteiger partial charge in [-0.15, -0.1) is 24.0 Å². The van der Waals surface area contributed by atoms with Gasteiger partial charge in [0.05, 0.1) is 18.8 Å². The van der Waals surface area contributed by atoms with Crippen molar-refractivity contribution in [1.29, 1.82) is 0 Å². The lowest BCUT2D eigenvalue weighted by Gasteiger charge is -2.22. The van der Waals surface area contributed by atoms with Crippen molar-refractivity contribution in [2.75, 3.05) is 33.7 Å². The highest BCUT2D eigenvalue weighted by molar-refractivity contribution is 14.0. The number of hydrogen-bond acceptors (Lipinski definition) is 4. The Labute approximate surface area is 173 Å². The Bertz CT molecular complexity index is 655. The molecule has 8 heteroatoms. The number of aromatic nitrogens is 3. The van der Waals surface area contributed by atoms with Gasteiger partial charge in [-0.05, 0) is 33.2 Å². The number of likely N-dealkylation sites (N-methyl/N-ethyl adjacent to an activating group) is 1. The number of halogens is 1. The highest BCUT2D eigenvalue weighted by atomic mass is 127. The monoisotopic (exact) mass is 471 g/mol. The second-order valence-corrected chi connectivity index (χ2v) is 6.14. The lowest BCUT2D eigenvalue weighted by molar-refractivity contribution is 0.306. The molecule has 2 heterocycles. The van der Waals surface area contributed by atoms with Crippen molar-refractivity contribution >= 4 is 29.9 Å². The molecule has 2 rings (SSSR count). The molecule has 0 bridgehead atoms. The topological polar surface area (TPSA) is 70.4 Å². The molecule has 1 unspecified atom stereocenters. The number of aryl methyl sites for hydroxylation is 1. The van der Waals surface area contributed by atoms with E-state index >= 15 is 0 Å². The number of hydrogen-bond donors (Lipinski definition) is 2. The van der Waals surface area contributed by atoms with E-state index in [1.807, 2.05) is 48.5 Å². The van der Waals surface area contributed by atoms with Crippen LogP contribution in [0.2, 0.25) is 0 Å². The second-order valence-electron chi connectivity index (χ2n) is 6.14. The molecule has 0 amide bonds. The van der Waals surface area contributed by atoms with Crippen LogP contribution in [-0.4, -0.2) is 59.4 Å². The first-order valence-corrected chi connectivity index (χ1v) is 8.67. The van der Waals surface area contributed by atoms with E-state index in [2.05, 4.69) is 46.6 Å². The Morgan fingerprint density at radius 1 is 1.31 bits per heavy atom. The molecule has 0 radical (unpaired) electrons. The lowest BCUT2D eigenvalue weighted by atomic mass is 10.1. The minimum Gasteiger partial charge on any atom is -0.357 e. The summed E-state index contributed by atoms with van der Waals surface area (Å²) in [6, 6.07) is 6.18. The molecule has 26 heavy (non-hydrogen) atoms. The van der Waals surface area contributed by atoms with Crippen molar-refractivity contribution in [3.63, 3.8) is 0 Å². The van der Waals surface area contributed by atoms with Crippen LogP contribution < -0.4 is 10.6 Å².